The van der Waals surface area contributed by atoms with E-state index in [1.165, 1.54) is 6.33 Å². The molecule has 0 N–H and O–H groups in total. The summed E-state index contributed by atoms with van der Waals surface area (Å²) in [5.74, 6) is 0. The highest BCUT2D eigenvalue weighted by molar-refractivity contribution is 5.75. The molecule has 0 fully saturated rings. The van der Waals surface area contributed by atoms with E-state index in [1.54, 1.807) is 18.5 Å². The van der Waals surface area contributed by atoms with E-state index in [0.29, 0.717) is 0 Å². The van der Waals surface area contributed by atoms with Crippen molar-refractivity contribution in [3.63, 3.8) is 0 Å². The van der Waals surface area contributed by atoms with Gasteiger partial charge in [-0.05, 0) is 6.07 Å². The summed E-state index contributed by atoms with van der Waals surface area (Å²) >= 11 is 0. The third-order valence-electron chi connectivity index (χ3n) is 0.478. The zero-order chi connectivity index (χ0) is 4.24. The highest BCUT2D eigenvalue weighted by atomic mass is 24.3. The second-order valence-corrected chi connectivity index (χ2v) is 0.904. The Labute approximate surface area is 58.1 Å². The van der Waals surface area contributed by atoms with Gasteiger partial charge in [-0.15, -0.1) is 0 Å². The molecule has 0 aliphatic heterocycles. The van der Waals surface area contributed by atoms with Crippen molar-refractivity contribution in [1.82, 2.24) is 9.97 Å². The molecule has 0 unspecified atom stereocenters. The van der Waals surface area contributed by atoms with Crippen LogP contribution in [0.2, 0.25) is 0 Å². The molecule has 0 spiro atoms. The van der Waals surface area contributed by atoms with Crippen LogP contribution in [-0.4, -0.2) is 33.0 Å². The van der Waals surface area contributed by atoms with Gasteiger partial charge < -0.3 is 0 Å². The fourth-order valence-corrected chi connectivity index (χ4v) is 0.253. The van der Waals surface area contributed by atoms with Gasteiger partial charge in [-0.25, -0.2) is 9.97 Å². The first kappa shape index (κ1) is 6.85. The summed E-state index contributed by atoms with van der Waals surface area (Å²) in [5.41, 5.74) is 0. The summed E-state index contributed by atoms with van der Waals surface area (Å²) in [5, 5.41) is 0. The number of rotatable bonds is 0. The van der Waals surface area contributed by atoms with Crippen LogP contribution in [0, 0.1) is 0 Å². The highest BCUT2D eigenvalue weighted by Crippen LogP contribution is 1.66. The first-order valence-electron chi connectivity index (χ1n) is 1.70. The first-order chi connectivity index (χ1) is 3.00. The molecule has 0 atom stereocenters. The lowest BCUT2D eigenvalue weighted by Gasteiger charge is -1.70. The average Bonchev–Trinajstić information content (AvgIpc) is 1.72. The van der Waals surface area contributed by atoms with Gasteiger partial charge in [-0.3, -0.25) is 0 Å². The van der Waals surface area contributed by atoms with Crippen molar-refractivity contribution in [2.75, 3.05) is 0 Å². The van der Waals surface area contributed by atoms with Crippen molar-refractivity contribution in [2.24, 2.45) is 0 Å². The van der Waals surface area contributed by atoms with E-state index in [9.17, 15) is 0 Å². The van der Waals surface area contributed by atoms with Gasteiger partial charge in [0.15, 0.2) is 0 Å². The minimum absolute atomic E-state index is 0. The van der Waals surface area contributed by atoms with Gasteiger partial charge in [0.05, 0.1) is 0 Å². The van der Waals surface area contributed by atoms with E-state index in [-0.39, 0.29) is 23.1 Å². The summed E-state index contributed by atoms with van der Waals surface area (Å²) in [6.07, 6.45) is 4.88. The average molecular weight is 104 g/mol. The van der Waals surface area contributed by atoms with Crippen LogP contribution in [-0.2, 0) is 0 Å². The van der Waals surface area contributed by atoms with Crippen molar-refractivity contribution in [3.05, 3.63) is 24.8 Å². The van der Waals surface area contributed by atoms with Gasteiger partial charge in [-0.1, -0.05) is 0 Å². The van der Waals surface area contributed by atoms with Crippen LogP contribution in [0.25, 0.3) is 0 Å². The Balaban J connectivity index is 0.000000360. The summed E-state index contributed by atoms with van der Waals surface area (Å²) in [6, 6.07) is 1.78. The maximum atomic E-state index is 3.67. The van der Waals surface area contributed by atoms with Crippen LogP contribution in [0.1, 0.15) is 0 Å². The molecule has 1 heterocycles. The summed E-state index contributed by atoms with van der Waals surface area (Å²) in [6.45, 7) is 0. The molecule has 0 amide bonds. The van der Waals surface area contributed by atoms with Gasteiger partial charge in [0.2, 0.25) is 0 Å². The normalized spacial score (nSPS) is 6.86. The van der Waals surface area contributed by atoms with E-state index < -0.39 is 0 Å². The second kappa shape index (κ2) is 4.02. The molecule has 1 aromatic rings. The largest absolute Gasteiger partial charge is 0.245 e. The topological polar surface area (TPSA) is 25.8 Å². The standard InChI is InChI=1S/C4H4N2.Mg/c1-2-5-4-6-3-1;/h1-4H;. The van der Waals surface area contributed by atoms with Crippen molar-refractivity contribution in [2.45, 2.75) is 0 Å². The van der Waals surface area contributed by atoms with Crippen molar-refractivity contribution < 1.29 is 0 Å². The van der Waals surface area contributed by atoms with Crippen molar-refractivity contribution in [3.8, 4) is 0 Å². The fraction of sp³-hybridized carbons (Fsp3) is 0. The number of aromatic nitrogens is 2. The number of nitrogens with zero attached hydrogens (tertiary/aromatic N) is 2. The number of hydrogen-bond acceptors (Lipinski definition) is 2. The molecule has 0 aliphatic carbocycles. The van der Waals surface area contributed by atoms with E-state index in [1.807, 2.05) is 0 Å². The Bertz CT molecular complexity index is 81.6. The molecule has 2 nitrogen and oxygen atoms in total. The smallest absolute Gasteiger partial charge is 0.115 e. The van der Waals surface area contributed by atoms with Crippen LogP contribution in [0.15, 0.2) is 24.8 Å². The van der Waals surface area contributed by atoms with Crippen molar-refractivity contribution in [1.29, 1.82) is 0 Å². The Hall–Kier alpha value is -0.154. The van der Waals surface area contributed by atoms with E-state index in [0.717, 1.165) is 0 Å². The van der Waals surface area contributed by atoms with Crippen LogP contribution in [0.5, 0.6) is 0 Å². The van der Waals surface area contributed by atoms with Gasteiger partial charge in [0, 0.05) is 35.4 Å². The van der Waals surface area contributed by atoms with Gasteiger partial charge in [0.1, 0.15) is 6.33 Å². The molecule has 1 rings (SSSR count). The SMILES string of the molecule is [Mg].c1cncnc1. The monoisotopic (exact) mass is 104 g/mol. The Morgan fingerprint density at radius 3 is 1.71 bits per heavy atom. The van der Waals surface area contributed by atoms with E-state index in [2.05, 4.69) is 9.97 Å². The van der Waals surface area contributed by atoms with Gasteiger partial charge >= 0.3 is 0 Å². The quantitative estimate of drug-likeness (QED) is 0.436. The zero-order valence-corrected chi connectivity index (χ0v) is 5.33. The van der Waals surface area contributed by atoms with Crippen molar-refractivity contribution >= 4 is 23.1 Å². The van der Waals surface area contributed by atoms with Gasteiger partial charge in [-0.2, -0.15) is 0 Å². The maximum absolute atomic E-state index is 3.67. The van der Waals surface area contributed by atoms with Crippen LogP contribution >= 0.6 is 0 Å². The summed E-state index contributed by atoms with van der Waals surface area (Å²) in [4.78, 5) is 7.35. The Morgan fingerprint density at radius 2 is 1.57 bits per heavy atom. The molecular formula is C4H4MgN2. The lowest BCUT2D eigenvalue weighted by molar-refractivity contribution is 1.17. The fourth-order valence-electron chi connectivity index (χ4n) is 0.253. The lowest BCUT2D eigenvalue weighted by atomic mass is 10.7. The predicted octanol–water partition coefficient (Wildman–Crippen LogP) is 0.0958. The molecule has 0 saturated heterocycles. The van der Waals surface area contributed by atoms with E-state index >= 15 is 0 Å². The maximum Gasteiger partial charge on any atom is 0.115 e. The molecule has 2 radical (unpaired) electrons. The summed E-state index contributed by atoms with van der Waals surface area (Å²) in [7, 11) is 0. The molecule has 0 saturated carbocycles. The zero-order valence-electron chi connectivity index (χ0n) is 3.91. The Morgan fingerprint density at radius 1 is 1.00 bits per heavy atom. The molecule has 0 bridgehead atoms. The molecule has 7 heavy (non-hydrogen) atoms. The first-order valence-corrected chi connectivity index (χ1v) is 1.70. The third-order valence-corrected chi connectivity index (χ3v) is 0.478. The predicted molar refractivity (Wildman–Crippen MR) is 27.8 cm³/mol. The molecule has 0 aromatic carbocycles. The van der Waals surface area contributed by atoms with E-state index in [4.69, 9.17) is 0 Å². The molecule has 32 valence electrons. The minimum atomic E-state index is 0. The molecule has 0 aliphatic rings. The Kier molecular flexibility index (Phi) is 3.93. The second-order valence-electron chi connectivity index (χ2n) is 0.904. The number of hydrogen-bond donors (Lipinski definition) is 0. The lowest BCUT2D eigenvalue weighted by Crippen LogP contribution is -1.66. The van der Waals surface area contributed by atoms with Crippen LogP contribution in [0.4, 0.5) is 0 Å². The molecular weight excluding hydrogens is 100 g/mol. The minimum Gasteiger partial charge on any atom is -0.245 e. The molecule has 3 heteroatoms. The summed E-state index contributed by atoms with van der Waals surface area (Å²) < 4.78 is 0. The highest BCUT2D eigenvalue weighted by Gasteiger charge is 1.59. The third kappa shape index (κ3) is 2.53. The van der Waals surface area contributed by atoms with Crippen LogP contribution < -0.4 is 0 Å². The molecule has 1 aromatic heterocycles. The van der Waals surface area contributed by atoms with Crippen LogP contribution in [0.3, 0.4) is 0 Å². The van der Waals surface area contributed by atoms with Gasteiger partial charge in [0.25, 0.3) is 0 Å².